The molecule has 5 heteroatoms. The number of carbonyl (C=O) groups is 1. The van der Waals surface area contributed by atoms with Crippen LogP contribution in [0, 0.1) is 19.8 Å². The summed E-state index contributed by atoms with van der Waals surface area (Å²) in [5.74, 6) is 1.45. The van der Waals surface area contributed by atoms with Crippen LogP contribution in [0.2, 0.25) is 0 Å². The quantitative estimate of drug-likeness (QED) is 0.630. The lowest BCUT2D eigenvalue weighted by Crippen LogP contribution is -2.15. The molecule has 1 aromatic carbocycles. The third-order valence-corrected chi connectivity index (χ3v) is 5.66. The van der Waals surface area contributed by atoms with Crippen LogP contribution in [-0.2, 0) is 11.3 Å². The van der Waals surface area contributed by atoms with Crippen LogP contribution in [0.3, 0.4) is 0 Å². The van der Waals surface area contributed by atoms with E-state index in [1.54, 1.807) is 0 Å². The smallest absolute Gasteiger partial charge is 0.234 e. The molecule has 0 bridgehead atoms. The topological polar surface area (TPSA) is 46.9 Å². The minimum Gasteiger partial charge on any atom is -0.325 e. The van der Waals surface area contributed by atoms with Gasteiger partial charge in [-0.2, -0.15) is 0 Å². The molecule has 0 radical (unpaired) electrons. The fourth-order valence-electron chi connectivity index (χ4n) is 2.77. The van der Waals surface area contributed by atoms with Crippen LogP contribution in [0.5, 0.6) is 0 Å². The van der Waals surface area contributed by atoms with Gasteiger partial charge >= 0.3 is 0 Å². The number of amides is 1. The highest BCUT2D eigenvalue weighted by Gasteiger charge is 2.14. The molecule has 1 N–H and O–H groups in total. The summed E-state index contributed by atoms with van der Waals surface area (Å²) in [5, 5.41) is 3.91. The number of nitrogens with one attached hydrogen (secondary N) is 1. The van der Waals surface area contributed by atoms with Gasteiger partial charge in [-0.05, 0) is 49.8 Å². The van der Waals surface area contributed by atoms with Gasteiger partial charge in [0, 0.05) is 17.9 Å². The zero-order chi connectivity index (χ0) is 19.3. The molecule has 1 atom stereocenters. The molecule has 0 aliphatic carbocycles. The number of hydrogen-bond donors (Lipinski definition) is 1. The Bertz CT molecular complexity index is 734. The average molecular weight is 374 g/mol. The Balaban J connectivity index is 1.96. The van der Waals surface area contributed by atoms with Crippen molar-refractivity contribution in [2.45, 2.75) is 65.6 Å². The number of hydrogen-bond acceptors (Lipinski definition) is 3. The van der Waals surface area contributed by atoms with E-state index in [0.29, 0.717) is 17.6 Å². The largest absolute Gasteiger partial charge is 0.325 e. The summed E-state index contributed by atoms with van der Waals surface area (Å²) < 4.78 is 2.22. The van der Waals surface area contributed by atoms with Gasteiger partial charge in [-0.25, -0.2) is 4.98 Å². The molecule has 0 fully saturated rings. The van der Waals surface area contributed by atoms with Crippen molar-refractivity contribution in [2.75, 3.05) is 11.1 Å². The van der Waals surface area contributed by atoms with Crippen LogP contribution < -0.4 is 5.32 Å². The van der Waals surface area contributed by atoms with Gasteiger partial charge in [-0.1, -0.05) is 51.6 Å². The van der Waals surface area contributed by atoms with E-state index in [1.807, 2.05) is 19.1 Å². The minimum absolute atomic E-state index is 0.000642. The van der Waals surface area contributed by atoms with Crippen molar-refractivity contribution in [1.82, 2.24) is 9.55 Å². The third-order valence-electron chi connectivity index (χ3n) is 4.68. The maximum Gasteiger partial charge on any atom is 0.234 e. The first-order valence-electron chi connectivity index (χ1n) is 9.38. The molecule has 2 aromatic rings. The van der Waals surface area contributed by atoms with Crippen LogP contribution in [0.25, 0.3) is 0 Å². The molecule has 0 saturated heterocycles. The van der Waals surface area contributed by atoms with Crippen molar-refractivity contribution < 1.29 is 4.79 Å². The summed E-state index contributed by atoms with van der Waals surface area (Å²) in [5.41, 5.74) is 4.37. The first kappa shape index (κ1) is 20.6. The van der Waals surface area contributed by atoms with Crippen molar-refractivity contribution in [1.29, 1.82) is 0 Å². The normalized spacial score (nSPS) is 12.4. The van der Waals surface area contributed by atoms with E-state index < -0.39 is 0 Å². The molecule has 2 rings (SSSR count). The average Bonchev–Trinajstić information content (AvgIpc) is 2.87. The molecule has 1 heterocycles. The van der Waals surface area contributed by atoms with Gasteiger partial charge in [0.25, 0.3) is 0 Å². The summed E-state index contributed by atoms with van der Waals surface area (Å²) in [6.07, 6.45) is 1.12. The van der Waals surface area contributed by atoms with Crippen molar-refractivity contribution in [3.05, 3.63) is 41.2 Å². The fraction of sp³-hybridized carbons (Fsp3) is 0.524. The van der Waals surface area contributed by atoms with Gasteiger partial charge in [0.05, 0.1) is 11.4 Å². The number of aromatic nitrogens is 2. The standard InChI is InChI=1S/C21H31N3OS/c1-7-15(4)18-8-10-19(11-9-18)23-20(25)13-26-21-22-16(5)17(6)24(21)12-14(2)3/h8-11,14-15H,7,12-13H2,1-6H3,(H,23,25)/t15-/m0/s1. The Morgan fingerprint density at radius 2 is 1.85 bits per heavy atom. The lowest BCUT2D eigenvalue weighted by molar-refractivity contribution is -0.113. The van der Waals surface area contributed by atoms with Crippen LogP contribution >= 0.6 is 11.8 Å². The van der Waals surface area contributed by atoms with E-state index >= 15 is 0 Å². The maximum atomic E-state index is 12.3. The third kappa shape index (κ3) is 5.37. The lowest BCUT2D eigenvalue weighted by atomic mass is 9.99. The molecule has 142 valence electrons. The molecular weight excluding hydrogens is 342 g/mol. The number of aryl methyl sites for hydroxylation is 1. The van der Waals surface area contributed by atoms with Gasteiger partial charge in [0.2, 0.25) is 5.91 Å². The van der Waals surface area contributed by atoms with E-state index in [0.717, 1.165) is 29.5 Å². The van der Waals surface area contributed by atoms with Crippen LogP contribution in [-0.4, -0.2) is 21.2 Å². The van der Waals surface area contributed by atoms with E-state index in [2.05, 4.69) is 61.6 Å². The van der Waals surface area contributed by atoms with Crippen molar-refractivity contribution in [3.63, 3.8) is 0 Å². The molecule has 0 saturated carbocycles. The summed E-state index contributed by atoms with van der Waals surface area (Å²) in [6.45, 7) is 13.8. The van der Waals surface area contributed by atoms with E-state index in [1.165, 1.54) is 23.0 Å². The van der Waals surface area contributed by atoms with Crippen molar-refractivity contribution in [2.24, 2.45) is 5.92 Å². The molecule has 1 aromatic heterocycles. The van der Waals surface area contributed by atoms with Gasteiger partial charge < -0.3 is 9.88 Å². The Kier molecular flexibility index (Phi) is 7.33. The highest BCUT2D eigenvalue weighted by atomic mass is 32.2. The lowest BCUT2D eigenvalue weighted by Gasteiger charge is -2.12. The first-order valence-corrected chi connectivity index (χ1v) is 10.4. The predicted molar refractivity (Wildman–Crippen MR) is 111 cm³/mol. The molecule has 0 aliphatic heterocycles. The predicted octanol–water partition coefficient (Wildman–Crippen LogP) is 5.40. The second-order valence-corrected chi connectivity index (χ2v) is 8.28. The number of thioether (sulfide) groups is 1. The van der Waals surface area contributed by atoms with Crippen molar-refractivity contribution >= 4 is 23.4 Å². The Morgan fingerprint density at radius 3 is 2.42 bits per heavy atom. The Morgan fingerprint density at radius 1 is 1.19 bits per heavy atom. The van der Waals surface area contributed by atoms with E-state index in [4.69, 9.17) is 0 Å². The number of nitrogens with zero attached hydrogens (tertiary/aromatic N) is 2. The van der Waals surface area contributed by atoms with Crippen molar-refractivity contribution in [3.8, 4) is 0 Å². The fourth-order valence-corrected chi connectivity index (χ4v) is 3.67. The molecule has 1 amide bonds. The summed E-state index contributed by atoms with van der Waals surface area (Å²) in [6, 6.07) is 8.16. The zero-order valence-corrected chi connectivity index (χ0v) is 17.6. The Hall–Kier alpha value is -1.75. The number of carbonyl (C=O) groups excluding carboxylic acids is 1. The highest BCUT2D eigenvalue weighted by molar-refractivity contribution is 7.99. The SMILES string of the molecule is CC[C@H](C)c1ccc(NC(=O)CSc2nc(C)c(C)n2CC(C)C)cc1. The minimum atomic E-state index is 0.000642. The molecule has 0 spiro atoms. The summed E-state index contributed by atoms with van der Waals surface area (Å²) in [7, 11) is 0. The number of imidazole rings is 1. The second kappa shape index (κ2) is 9.26. The zero-order valence-electron chi connectivity index (χ0n) is 16.8. The number of anilines is 1. The molecule has 26 heavy (non-hydrogen) atoms. The van der Waals surface area contributed by atoms with Crippen LogP contribution in [0.4, 0.5) is 5.69 Å². The molecule has 0 unspecified atom stereocenters. The van der Waals surface area contributed by atoms with E-state index in [-0.39, 0.29) is 5.91 Å². The molecule has 4 nitrogen and oxygen atoms in total. The number of benzene rings is 1. The molecule has 0 aliphatic rings. The highest BCUT2D eigenvalue weighted by Crippen LogP contribution is 2.23. The second-order valence-electron chi connectivity index (χ2n) is 7.34. The van der Waals surface area contributed by atoms with Gasteiger partial charge in [-0.15, -0.1) is 0 Å². The first-order chi connectivity index (χ1) is 12.3. The van der Waals surface area contributed by atoms with Crippen LogP contribution in [0.1, 0.15) is 57.0 Å². The van der Waals surface area contributed by atoms with Gasteiger partial charge in [0.15, 0.2) is 5.16 Å². The van der Waals surface area contributed by atoms with Gasteiger partial charge in [-0.3, -0.25) is 4.79 Å². The van der Waals surface area contributed by atoms with E-state index in [9.17, 15) is 4.79 Å². The summed E-state index contributed by atoms with van der Waals surface area (Å²) >= 11 is 1.50. The number of rotatable bonds is 8. The summed E-state index contributed by atoms with van der Waals surface area (Å²) in [4.78, 5) is 16.9. The molecular formula is C21H31N3OS. The van der Waals surface area contributed by atoms with Gasteiger partial charge in [0.1, 0.15) is 0 Å². The Labute approximate surface area is 161 Å². The maximum absolute atomic E-state index is 12.3. The van der Waals surface area contributed by atoms with Crippen LogP contribution in [0.15, 0.2) is 29.4 Å². The monoisotopic (exact) mass is 373 g/mol.